The number of fused-ring (bicyclic) bond motifs is 1. The van der Waals surface area contributed by atoms with Crippen LogP contribution in [-0.2, 0) is 4.79 Å². The standard InChI is InChI=1S/C21H16N4O5/c1-30-20-9-8-14(25(28)29)10-18(20)23-12-13(11-22)21(27)24-17-6-2-5-16-15(17)4-3-7-19(16)26/h2-10,12,23,26H,1H3,(H,24,27)/b13-12-. The number of ether oxygens (including phenoxy) is 1. The molecular weight excluding hydrogens is 388 g/mol. The fourth-order valence-corrected chi connectivity index (χ4v) is 2.81. The number of nitro groups is 1. The van der Waals surface area contributed by atoms with Crippen LogP contribution in [0, 0.1) is 21.4 Å². The van der Waals surface area contributed by atoms with Crippen molar-refractivity contribution in [1.82, 2.24) is 0 Å². The fraction of sp³-hybridized carbons (Fsp3) is 0.0476. The molecule has 0 heterocycles. The van der Waals surface area contributed by atoms with Gasteiger partial charge < -0.3 is 20.5 Å². The lowest BCUT2D eigenvalue weighted by Gasteiger charge is -2.10. The summed E-state index contributed by atoms with van der Waals surface area (Å²) in [7, 11) is 1.39. The maximum Gasteiger partial charge on any atom is 0.271 e. The Labute approximate surface area is 171 Å². The second kappa shape index (κ2) is 8.62. The van der Waals surface area contributed by atoms with Gasteiger partial charge in [0.15, 0.2) is 0 Å². The highest BCUT2D eigenvalue weighted by Gasteiger charge is 2.14. The third-order valence-electron chi connectivity index (χ3n) is 4.28. The molecule has 0 aliphatic rings. The lowest BCUT2D eigenvalue weighted by Crippen LogP contribution is -2.15. The van der Waals surface area contributed by atoms with Gasteiger partial charge in [0.05, 0.1) is 17.7 Å². The van der Waals surface area contributed by atoms with Crippen LogP contribution in [0.15, 0.2) is 66.4 Å². The molecular formula is C21H16N4O5. The number of non-ortho nitro benzene ring substituents is 1. The highest BCUT2D eigenvalue weighted by molar-refractivity contribution is 6.11. The third kappa shape index (κ3) is 4.13. The maximum absolute atomic E-state index is 12.6. The number of phenolic OH excluding ortho intramolecular Hbond substituents is 1. The zero-order valence-corrected chi connectivity index (χ0v) is 15.7. The molecule has 0 bridgehead atoms. The van der Waals surface area contributed by atoms with Gasteiger partial charge in [-0.25, -0.2) is 0 Å². The van der Waals surface area contributed by atoms with Gasteiger partial charge in [-0.1, -0.05) is 24.3 Å². The first-order valence-electron chi connectivity index (χ1n) is 8.66. The van der Waals surface area contributed by atoms with E-state index in [9.17, 15) is 25.3 Å². The average molecular weight is 404 g/mol. The van der Waals surface area contributed by atoms with Gasteiger partial charge in [-0.3, -0.25) is 14.9 Å². The molecule has 0 aliphatic heterocycles. The van der Waals surface area contributed by atoms with Crippen molar-refractivity contribution in [3.05, 3.63) is 76.5 Å². The number of hydrogen-bond donors (Lipinski definition) is 3. The third-order valence-corrected chi connectivity index (χ3v) is 4.28. The van der Waals surface area contributed by atoms with Gasteiger partial charge in [0.2, 0.25) is 0 Å². The van der Waals surface area contributed by atoms with Crippen molar-refractivity contribution in [3.8, 4) is 17.6 Å². The number of nitriles is 1. The van der Waals surface area contributed by atoms with Crippen molar-refractivity contribution in [1.29, 1.82) is 5.26 Å². The number of nitro benzene ring substituents is 1. The molecule has 0 radical (unpaired) electrons. The number of anilines is 2. The molecule has 3 N–H and O–H groups in total. The van der Waals surface area contributed by atoms with Crippen LogP contribution in [0.1, 0.15) is 0 Å². The summed E-state index contributed by atoms with van der Waals surface area (Å²) in [5.74, 6) is -0.316. The molecule has 0 aromatic heterocycles. The highest BCUT2D eigenvalue weighted by atomic mass is 16.6. The Kier molecular flexibility index (Phi) is 5.79. The topological polar surface area (TPSA) is 138 Å². The molecule has 0 unspecified atom stereocenters. The molecule has 0 atom stereocenters. The summed E-state index contributed by atoms with van der Waals surface area (Å²) in [4.78, 5) is 23.0. The molecule has 0 fully saturated rings. The van der Waals surface area contributed by atoms with Crippen molar-refractivity contribution in [2.24, 2.45) is 0 Å². The number of benzene rings is 3. The first-order chi connectivity index (χ1) is 14.4. The minimum absolute atomic E-state index is 0.0686. The van der Waals surface area contributed by atoms with Crippen LogP contribution in [-0.4, -0.2) is 23.0 Å². The van der Waals surface area contributed by atoms with Gasteiger partial charge in [-0.2, -0.15) is 5.26 Å². The van der Waals surface area contributed by atoms with Crippen molar-refractivity contribution < 1.29 is 19.6 Å². The predicted molar refractivity (Wildman–Crippen MR) is 111 cm³/mol. The van der Waals surface area contributed by atoms with Gasteiger partial charge >= 0.3 is 0 Å². The van der Waals surface area contributed by atoms with E-state index in [1.165, 1.54) is 31.4 Å². The second-order valence-electron chi connectivity index (χ2n) is 6.09. The fourth-order valence-electron chi connectivity index (χ4n) is 2.81. The van der Waals surface area contributed by atoms with Crippen LogP contribution in [0.2, 0.25) is 0 Å². The Morgan fingerprint density at radius 1 is 1.17 bits per heavy atom. The maximum atomic E-state index is 12.6. The quantitative estimate of drug-likeness (QED) is 0.245. The molecule has 30 heavy (non-hydrogen) atoms. The number of phenols is 1. The number of methoxy groups -OCH3 is 1. The van der Waals surface area contributed by atoms with Crippen LogP contribution in [0.4, 0.5) is 17.1 Å². The van der Waals surface area contributed by atoms with Gasteiger partial charge in [0.1, 0.15) is 23.1 Å². The molecule has 0 spiro atoms. The Balaban J connectivity index is 1.87. The van der Waals surface area contributed by atoms with E-state index in [0.29, 0.717) is 22.2 Å². The first-order valence-corrected chi connectivity index (χ1v) is 8.66. The Morgan fingerprint density at radius 3 is 2.60 bits per heavy atom. The van der Waals surface area contributed by atoms with Crippen LogP contribution >= 0.6 is 0 Å². The van der Waals surface area contributed by atoms with Crippen molar-refractivity contribution in [3.63, 3.8) is 0 Å². The number of nitrogens with one attached hydrogen (secondary N) is 2. The van der Waals surface area contributed by atoms with E-state index in [0.717, 1.165) is 6.20 Å². The highest BCUT2D eigenvalue weighted by Crippen LogP contribution is 2.31. The van der Waals surface area contributed by atoms with E-state index >= 15 is 0 Å². The second-order valence-corrected chi connectivity index (χ2v) is 6.09. The SMILES string of the molecule is COc1ccc([N+](=O)[O-])cc1N/C=C(/C#N)C(=O)Nc1cccc2c(O)cccc12. The molecule has 9 nitrogen and oxygen atoms in total. The van der Waals surface area contributed by atoms with Crippen molar-refractivity contribution in [2.45, 2.75) is 0 Å². The number of aromatic hydroxyl groups is 1. The monoisotopic (exact) mass is 404 g/mol. The average Bonchev–Trinajstić information content (AvgIpc) is 2.74. The Morgan fingerprint density at radius 2 is 1.90 bits per heavy atom. The lowest BCUT2D eigenvalue weighted by atomic mass is 10.1. The van der Waals surface area contributed by atoms with E-state index in [4.69, 9.17) is 4.74 Å². The minimum Gasteiger partial charge on any atom is -0.507 e. The lowest BCUT2D eigenvalue weighted by molar-refractivity contribution is -0.384. The molecule has 3 rings (SSSR count). The molecule has 150 valence electrons. The number of amides is 1. The van der Waals surface area contributed by atoms with Gasteiger partial charge in [0.25, 0.3) is 11.6 Å². The molecule has 3 aromatic carbocycles. The number of nitrogens with zero attached hydrogens (tertiary/aromatic N) is 2. The zero-order valence-electron chi connectivity index (χ0n) is 15.7. The Hall–Kier alpha value is -4.58. The number of carbonyl (C=O) groups is 1. The van der Waals surface area contributed by atoms with Gasteiger partial charge in [0, 0.05) is 34.8 Å². The van der Waals surface area contributed by atoms with Crippen molar-refractivity contribution >= 4 is 33.7 Å². The van der Waals surface area contributed by atoms with Gasteiger partial charge in [-0.05, 0) is 18.2 Å². The summed E-state index contributed by atoms with van der Waals surface area (Å²) in [6, 6.07) is 15.6. The molecule has 1 amide bonds. The molecule has 0 saturated carbocycles. The molecule has 0 saturated heterocycles. The summed E-state index contributed by atoms with van der Waals surface area (Å²) in [6.07, 6.45) is 1.14. The molecule has 0 aliphatic carbocycles. The van der Waals surface area contributed by atoms with Crippen molar-refractivity contribution in [2.75, 3.05) is 17.7 Å². The number of hydrogen-bond acceptors (Lipinski definition) is 7. The summed E-state index contributed by atoms with van der Waals surface area (Å²) in [6.45, 7) is 0. The van der Waals surface area contributed by atoms with E-state index in [-0.39, 0.29) is 22.7 Å². The van der Waals surface area contributed by atoms with Gasteiger partial charge in [-0.15, -0.1) is 0 Å². The summed E-state index contributed by atoms with van der Waals surface area (Å²) < 4.78 is 5.14. The summed E-state index contributed by atoms with van der Waals surface area (Å²) in [5, 5.41) is 36.8. The number of rotatable bonds is 6. The summed E-state index contributed by atoms with van der Waals surface area (Å²) >= 11 is 0. The Bertz CT molecular complexity index is 1210. The minimum atomic E-state index is -0.690. The van der Waals surface area contributed by atoms with Crippen LogP contribution in [0.3, 0.4) is 0 Å². The molecule has 9 heteroatoms. The normalized spacial score (nSPS) is 10.9. The molecule has 3 aromatic rings. The number of carbonyl (C=O) groups excluding carboxylic acids is 1. The van der Waals surface area contributed by atoms with Crippen LogP contribution in [0.5, 0.6) is 11.5 Å². The van der Waals surface area contributed by atoms with E-state index in [1.54, 1.807) is 36.4 Å². The summed E-state index contributed by atoms with van der Waals surface area (Å²) in [5.41, 5.74) is 0.204. The van der Waals surface area contributed by atoms with E-state index in [1.807, 2.05) is 0 Å². The van der Waals surface area contributed by atoms with E-state index in [2.05, 4.69) is 10.6 Å². The van der Waals surface area contributed by atoms with Crippen LogP contribution in [0.25, 0.3) is 10.8 Å². The van der Waals surface area contributed by atoms with Crippen LogP contribution < -0.4 is 15.4 Å². The zero-order chi connectivity index (χ0) is 21.7. The predicted octanol–water partition coefficient (Wildman–Crippen LogP) is 3.92. The first kappa shape index (κ1) is 20.2. The smallest absolute Gasteiger partial charge is 0.271 e. The van der Waals surface area contributed by atoms with E-state index < -0.39 is 10.8 Å². The largest absolute Gasteiger partial charge is 0.507 e.